The second kappa shape index (κ2) is 11.8. The number of carbonyl (C=O) groups is 2. The molecule has 2 N–H and O–H groups in total. The highest BCUT2D eigenvalue weighted by Gasteiger charge is 2.18. The first-order chi connectivity index (χ1) is 19.5. The van der Waals surface area contributed by atoms with Crippen LogP contribution in [-0.4, -0.2) is 38.6 Å². The molecule has 0 saturated carbocycles. The van der Waals surface area contributed by atoms with Gasteiger partial charge in [0.1, 0.15) is 0 Å². The van der Waals surface area contributed by atoms with Gasteiger partial charge in [0.15, 0.2) is 11.6 Å². The summed E-state index contributed by atoms with van der Waals surface area (Å²) >= 11 is 0. The average Bonchev–Trinajstić information content (AvgIpc) is 3.00. The molecular formula is C33H23N3O4. The Balaban J connectivity index is 1.67. The lowest BCUT2D eigenvalue weighted by Gasteiger charge is -2.11. The van der Waals surface area contributed by atoms with Gasteiger partial charge in [-0.2, -0.15) is 0 Å². The van der Waals surface area contributed by atoms with Crippen LogP contribution in [0.5, 0.6) is 0 Å². The summed E-state index contributed by atoms with van der Waals surface area (Å²) in [5.74, 6) is -1.48. The highest BCUT2D eigenvalue weighted by Crippen LogP contribution is 2.24. The minimum atomic E-state index is -1.06. The van der Waals surface area contributed by atoms with E-state index in [1.54, 1.807) is 54.6 Å². The standard InChI is InChI=1S/C33H23N3O4/c37-32(38)26-18-9-7-16-24(26)30(22-12-3-1-4-13-22)35-28-20-11-21-29(34-28)36-31(23-14-5-2-6-15-23)25-17-8-10-19-27(25)33(39)40/h1-21H,(H,37,38)(H,39,40)/b35-30+,36-31?. The molecule has 194 valence electrons. The Morgan fingerprint density at radius 2 is 0.800 bits per heavy atom. The summed E-state index contributed by atoms with van der Waals surface area (Å²) in [4.78, 5) is 38.2. The number of aliphatic imine (C=N–C) groups is 2. The Bertz CT molecular complexity index is 1620. The number of nitrogens with zero attached hydrogens (tertiary/aromatic N) is 3. The molecule has 0 aliphatic rings. The Morgan fingerprint density at radius 3 is 1.18 bits per heavy atom. The van der Waals surface area contributed by atoms with Gasteiger partial charge >= 0.3 is 11.9 Å². The Labute approximate surface area is 230 Å². The van der Waals surface area contributed by atoms with Crippen LogP contribution in [0.1, 0.15) is 43.0 Å². The van der Waals surface area contributed by atoms with Crippen molar-refractivity contribution >= 4 is 35.0 Å². The number of benzene rings is 4. The van der Waals surface area contributed by atoms with E-state index in [0.29, 0.717) is 34.2 Å². The molecule has 7 heteroatoms. The predicted molar refractivity (Wildman–Crippen MR) is 155 cm³/mol. The smallest absolute Gasteiger partial charge is 0.336 e. The van der Waals surface area contributed by atoms with Crippen molar-refractivity contribution in [3.63, 3.8) is 0 Å². The van der Waals surface area contributed by atoms with Gasteiger partial charge in [-0.25, -0.2) is 24.6 Å². The molecule has 0 spiro atoms. The Hall–Kier alpha value is -5.69. The van der Waals surface area contributed by atoms with Gasteiger partial charge in [-0.05, 0) is 24.3 Å². The monoisotopic (exact) mass is 525 g/mol. The van der Waals surface area contributed by atoms with E-state index >= 15 is 0 Å². The van der Waals surface area contributed by atoms with Gasteiger partial charge < -0.3 is 10.2 Å². The average molecular weight is 526 g/mol. The number of hydrogen-bond donors (Lipinski definition) is 2. The zero-order chi connectivity index (χ0) is 27.9. The molecule has 1 heterocycles. The van der Waals surface area contributed by atoms with Gasteiger partial charge in [0.25, 0.3) is 0 Å². The Morgan fingerprint density at radius 1 is 0.450 bits per heavy atom. The molecule has 0 fully saturated rings. The first-order valence-corrected chi connectivity index (χ1v) is 12.4. The third-order valence-corrected chi connectivity index (χ3v) is 6.09. The maximum atomic E-state index is 12.0. The van der Waals surface area contributed by atoms with Crippen LogP contribution in [0.2, 0.25) is 0 Å². The number of aromatic nitrogens is 1. The van der Waals surface area contributed by atoms with Crippen LogP contribution in [0.15, 0.2) is 137 Å². The number of pyridine rings is 1. The van der Waals surface area contributed by atoms with Crippen LogP contribution in [0.25, 0.3) is 0 Å². The normalized spacial score (nSPS) is 11.7. The minimum Gasteiger partial charge on any atom is -0.478 e. The quantitative estimate of drug-likeness (QED) is 0.216. The molecule has 5 aromatic rings. The van der Waals surface area contributed by atoms with Crippen LogP contribution < -0.4 is 0 Å². The summed E-state index contributed by atoms with van der Waals surface area (Å²) in [5, 5.41) is 19.6. The molecule has 0 bridgehead atoms. The zero-order valence-electron chi connectivity index (χ0n) is 21.2. The van der Waals surface area contributed by atoms with Gasteiger partial charge in [-0.15, -0.1) is 0 Å². The summed E-state index contributed by atoms with van der Waals surface area (Å²) in [6, 6.07) is 37.1. The molecular weight excluding hydrogens is 502 g/mol. The first-order valence-electron chi connectivity index (χ1n) is 12.4. The van der Waals surface area contributed by atoms with E-state index in [1.807, 2.05) is 60.7 Å². The molecule has 0 aliphatic carbocycles. The summed E-state index contributed by atoms with van der Waals surface area (Å²) < 4.78 is 0. The topological polar surface area (TPSA) is 112 Å². The van der Waals surface area contributed by atoms with Crippen molar-refractivity contribution < 1.29 is 19.8 Å². The number of aromatic carboxylic acids is 2. The molecule has 5 rings (SSSR count). The second-order valence-corrected chi connectivity index (χ2v) is 8.71. The molecule has 4 aromatic carbocycles. The van der Waals surface area contributed by atoms with Crippen molar-refractivity contribution in [2.24, 2.45) is 9.98 Å². The van der Waals surface area contributed by atoms with Crippen molar-refractivity contribution in [3.05, 3.63) is 161 Å². The number of hydrogen-bond acceptors (Lipinski definition) is 5. The number of carboxylic acids is 2. The highest BCUT2D eigenvalue weighted by atomic mass is 16.4. The van der Waals surface area contributed by atoms with E-state index in [2.05, 4.69) is 4.98 Å². The van der Waals surface area contributed by atoms with Gasteiger partial charge in [-0.3, -0.25) is 0 Å². The summed E-state index contributed by atoms with van der Waals surface area (Å²) in [5.41, 5.74) is 3.51. The largest absolute Gasteiger partial charge is 0.478 e. The molecule has 0 saturated heterocycles. The van der Waals surface area contributed by atoms with E-state index in [1.165, 1.54) is 12.1 Å². The van der Waals surface area contributed by atoms with Crippen molar-refractivity contribution in [3.8, 4) is 0 Å². The number of rotatable bonds is 8. The maximum Gasteiger partial charge on any atom is 0.336 e. The van der Waals surface area contributed by atoms with Crippen molar-refractivity contribution in [1.29, 1.82) is 0 Å². The van der Waals surface area contributed by atoms with Crippen LogP contribution in [0, 0.1) is 0 Å². The van der Waals surface area contributed by atoms with Crippen LogP contribution in [0.4, 0.5) is 11.6 Å². The van der Waals surface area contributed by atoms with E-state index < -0.39 is 11.9 Å². The first kappa shape index (κ1) is 25.9. The van der Waals surface area contributed by atoms with E-state index in [-0.39, 0.29) is 11.1 Å². The fourth-order valence-electron chi connectivity index (χ4n) is 4.27. The van der Waals surface area contributed by atoms with Crippen LogP contribution in [-0.2, 0) is 0 Å². The van der Waals surface area contributed by atoms with E-state index in [0.717, 1.165) is 11.1 Å². The molecule has 0 atom stereocenters. The van der Waals surface area contributed by atoms with Crippen LogP contribution >= 0.6 is 0 Å². The molecule has 0 radical (unpaired) electrons. The SMILES string of the molecule is O=C(O)c1ccccc1C(=Nc1cccc(/N=C(\c2ccccc2)c2ccccc2C(=O)O)n1)c1ccccc1. The summed E-state index contributed by atoms with van der Waals surface area (Å²) in [6.07, 6.45) is 0. The zero-order valence-corrected chi connectivity index (χ0v) is 21.2. The highest BCUT2D eigenvalue weighted by molar-refractivity contribution is 6.19. The summed E-state index contributed by atoms with van der Waals surface area (Å²) in [6.45, 7) is 0. The number of carboxylic acid groups (broad SMARTS) is 2. The third kappa shape index (κ3) is 5.74. The Kier molecular flexibility index (Phi) is 7.64. The van der Waals surface area contributed by atoms with E-state index in [4.69, 9.17) is 9.98 Å². The molecule has 0 amide bonds. The molecule has 7 nitrogen and oxygen atoms in total. The van der Waals surface area contributed by atoms with Crippen molar-refractivity contribution in [2.45, 2.75) is 0 Å². The molecule has 0 unspecified atom stereocenters. The minimum absolute atomic E-state index is 0.121. The lowest BCUT2D eigenvalue weighted by Crippen LogP contribution is -2.11. The fraction of sp³-hybridized carbons (Fsp3) is 0. The van der Waals surface area contributed by atoms with Crippen LogP contribution in [0.3, 0.4) is 0 Å². The molecule has 40 heavy (non-hydrogen) atoms. The third-order valence-electron chi connectivity index (χ3n) is 6.09. The van der Waals surface area contributed by atoms with E-state index in [9.17, 15) is 19.8 Å². The maximum absolute atomic E-state index is 12.0. The van der Waals surface area contributed by atoms with Gasteiger partial charge in [-0.1, -0.05) is 103 Å². The van der Waals surface area contributed by atoms with Gasteiger partial charge in [0.05, 0.1) is 22.6 Å². The van der Waals surface area contributed by atoms with Gasteiger partial charge in [0, 0.05) is 22.3 Å². The molecule has 0 aliphatic heterocycles. The second-order valence-electron chi connectivity index (χ2n) is 8.71. The fourth-order valence-corrected chi connectivity index (χ4v) is 4.27. The predicted octanol–water partition coefficient (Wildman–Crippen LogP) is 6.82. The van der Waals surface area contributed by atoms with Gasteiger partial charge in [0.2, 0.25) is 0 Å². The lowest BCUT2D eigenvalue weighted by molar-refractivity contribution is 0.0686. The molecule has 1 aromatic heterocycles. The van der Waals surface area contributed by atoms with Crippen molar-refractivity contribution in [1.82, 2.24) is 4.98 Å². The van der Waals surface area contributed by atoms with Crippen molar-refractivity contribution in [2.75, 3.05) is 0 Å². The summed E-state index contributed by atoms with van der Waals surface area (Å²) in [7, 11) is 0. The lowest BCUT2D eigenvalue weighted by atomic mass is 9.97.